The van der Waals surface area contributed by atoms with Gasteiger partial charge >= 0.3 is 0 Å². The lowest BCUT2D eigenvalue weighted by Gasteiger charge is -2.25. The molecule has 1 amide bonds. The molecule has 2 atom stereocenters. The Hall–Kier alpha value is -3.16. The van der Waals surface area contributed by atoms with Crippen LogP contribution in [0.1, 0.15) is 34.0 Å². The van der Waals surface area contributed by atoms with Crippen molar-refractivity contribution in [1.29, 1.82) is 0 Å². The summed E-state index contributed by atoms with van der Waals surface area (Å²) < 4.78 is 27.3. The van der Waals surface area contributed by atoms with Gasteiger partial charge in [0, 0.05) is 31.5 Å². The number of carbonyl (C=O) groups is 1. The van der Waals surface area contributed by atoms with E-state index in [1.807, 2.05) is 12.1 Å². The van der Waals surface area contributed by atoms with Crippen LogP contribution in [0.2, 0.25) is 0 Å². The van der Waals surface area contributed by atoms with Crippen molar-refractivity contribution in [2.24, 2.45) is 0 Å². The Kier molecular flexibility index (Phi) is 8.41. The number of pyridine rings is 1. The van der Waals surface area contributed by atoms with E-state index in [4.69, 9.17) is 0 Å². The van der Waals surface area contributed by atoms with Crippen molar-refractivity contribution in [1.82, 2.24) is 15.6 Å². The van der Waals surface area contributed by atoms with Crippen molar-refractivity contribution < 1.29 is 18.7 Å². The standard InChI is InChI=1S/C25H27F2N3O2/c1-2-17-5-3-6-18(9-17)14-29-16-24(31)23(12-19-10-21(26)13-22(27)11-19)30-25(32)20-7-4-8-28-15-20/h3-11,13,15,23-24,29,31H,2,12,14,16H2,1H3,(H,30,32)/t23-,24+/m0/s1. The van der Waals surface area contributed by atoms with E-state index in [0.717, 1.165) is 18.1 Å². The van der Waals surface area contributed by atoms with Gasteiger partial charge in [0.2, 0.25) is 0 Å². The van der Waals surface area contributed by atoms with Gasteiger partial charge in [-0.2, -0.15) is 0 Å². The number of carbonyl (C=O) groups excluding carboxylic acids is 1. The summed E-state index contributed by atoms with van der Waals surface area (Å²) in [5.41, 5.74) is 2.98. The Labute approximate surface area is 186 Å². The van der Waals surface area contributed by atoms with Crippen LogP contribution in [-0.2, 0) is 19.4 Å². The predicted octanol–water partition coefficient (Wildman–Crippen LogP) is 3.41. The van der Waals surface area contributed by atoms with E-state index >= 15 is 0 Å². The van der Waals surface area contributed by atoms with Gasteiger partial charge in [0.05, 0.1) is 17.7 Å². The van der Waals surface area contributed by atoms with Crippen molar-refractivity contribution in [3.8, 4) is 0 Å². The summed E-state index contributed by atoms with van der Waals surface area (Å²) >= 11 is 0. The average Bonchev–Trinajstić information content (AvgIpc) is 2.78. The van der Waals surface area contributed by atoms with Crippen molar-refractivity contribution >= 4 is 5.91 Å². The third-order valence-corrected chi connectivity index (χ3v) is 5.16. The number of aliphatic hydroxyl groups is 1. The second-order valence-corrected chi connectivity index (χ2v) is 7.68. The summed E-state index contributed by atoms with van der Waals surface area (Å²) in [6, 6.07) is 13.8. The zero-order valence-electron chi connectivity index (χ0n) is 17.9. The number of halogens is 2. The molecule has 0 fully saturated rings. The lowest BCUT2D eigenvalue weighted by Crippen LogP contribution is -2.48. The lowest BCUT2D eigenvalue weighted by molar-refractivity contribution is 0.0829. The summed E-state index contributed by atoms with van der Waals surface area (Å²) in [7, 11) is 0. The van der Waals surface area contributed by atoms with E-state index in [-0.39, 0.29) is 13.0 Å². The van der Waals surface area contributed by atoms with Gasteiger partial charge < -0.3 is 15.7 Å². The number of rotatable bonds is 10. The fraction of sp³-hybridized carbons (Fsp3) is 0.280. The number of benzene rings is 2. The molecule has 0 saturated carbocycles. The molecule has 5 nitrogen and oxygen atoms in total. The Morgan fingerprint density at radius 3 is 2.47 bits per heavy atom. The Bertz CT molecular complexity index is 1010. The molecular weight excluding hydrogens is 412 g/mol. The van der Waals surface area contributed by atoms with Crippen LogP contribution in [0.3, 0.4) is 0 Å². The van der Waals surface area contributed by atoms with Gasteiger partial charge in [-0.25, -0.2) is 8.78 Å². The Morgan fingerprint density at radius 1 is 1.03 bits per heavy atom. The molecule has 0 bridgehead atoms. The van der Waals surface area contributed by atoms with Gasteiger partial charge in [0.15, 0.2) is 0 Å². The molecular formula is C25H27F2N3O2. The summed E-state index contributed by atoms with van der Waals surface area (Å²) in [4.78, 5) is 16.5. The van der Waals surface area contributed by atoms with Crippen LogP contribution in [0.15, 0.2) is 67.0 Å². The molecule has 7 heteroatoms. The zero-order valence-corrected chi connectivity index (χ0v) is 17.9. The monoisotopic (exact) mass is 439 g/mol. The summed E-state index contributed by atoms with van der Waals surface area (Å²) in [6.07, 6.45) is 2.98. The third-order valence-electron chi connectivity index (χ3n) is 5.16. The highest BCUT2D eigenvalue weighted by atomic mass is 19.1. The first kappa shape index (κ1) is 23.5. The second-order valence-electron chi connectivity index (χ2n) is 7.68. The predicted molar refractivity (Wildman–Crippen MR) is 119 cm³/mol. The van der Waals surface area contributed by atoms with Crippen LogP contribution in [0.5, 0.6) is 0 Å². The van der Waals surface area contributed by atoms with E-state index in [1.165, 1.54) is 23.9 Å². The van der Waals surface area contributed by atoms with Crippen LogP contribution in [0.4, 0.5) is 8.78 Å². The minimum Gasteiger partial charge on any atom is -0.390 e. The fourth-order valence-electron chi connectivity index (χ4n) is 3.48. The number of aryl methyl sites for hydroxylation is 1. The largest absolute Gasteiger partial charge is 0.390 e. The van der Waals surface area contributed by atoms with Crippen LogP contribution in [-0.4, -0.2) is 34.7 Å². The van der Waals surface area contributed by atoms with E-state index < -0.39 is 29.7 Å². The molecule has 0 aliphatic rings. The molecule has 2 aromatic carbocycles. The first-order valence-electron chi connectivity index (χ1n) is 10.6. The number of aliphatic hydroxyl groups excluding tert-OH is 1. The molecule has 32 heavy (non-hydrogen) atoms. The van der Waals surface area contributed by atoms with E-state index in [2.05, 4.69) is 34.7 Å². The maximum absolute atomic E-state index is 13.6. The maximum atomic E-state index is 13.6. The SMILES string of the molecule is CCc1cccc(CNC[C@@H](O)[C@H](Cc2cc(F)cc(F)c2)NC(=O)c2cccnc2)c1. The molecule has 1 aromatic heterocycles. The molecule has 3 aromatic rings. The van der Waals surface area contributed by atoms with Crippen molar-refractivity contribution in [3.05, 3.63) is 101 Å². The molecule has 0 spiro atoms. The third kappa shape index (κ3) is 6.93. The molecule has 0 radical (unpaired) electrons. The number of nitrogens with one attached hydrogen (secondary N) is 2. The summed E-state index contributed by atoms with van der Waals surface area (Å²) in [5, 5.41) is 16.8. The number of amides is 1. The van der Waals surface area contributed by atoms with Crippen LogP contribution >= 0.6 is 0 Å². The smallest absolute Gasteiger partial charge is 0.253 e. The quantitative estimate of drug-likeness (QED) is 0.453. The van der Waals surface area contributed by atoms with Crippen molar-refractivity contribution in [3.63, 3.8) is 0 Å². The fourth-order valence-corrected chi connectivity index (χ4v) is 3.48. The van der Waals surface area contributed by atoms with Gasteiger partial charge in [-0.3, -0.25) is 9.78 Å². The highest BCUT2D eigenvalue weighted by Gasteiger charge is 2.23. The molecule has 3 N–H and O–H groups in total. The molecule has 0 aliphatic carbocycles. The summed E-state index contributed by atoms with van der Waals surface area (Å²) in [5.74, 6) is -1.84. The van der Waals surface area contributed by atoms with Gasteiger partial charge in [-0.05, 0) is 53.8 Å². The summed E-state index contributed by atoms with van der Waals surface area (Å²) in [6.45, 7) is 2.82. The van der Waals surface area contributed by atoms with Crippen molar-refractivity contribution in [2.75, 3.05) is 6.54 Å². The molecule has 3 rings (SSSR count). The second kappa shape index (κ2) is 11.5. The molecule has 168 valence electrons. The Balaban J connectivity index is 1.68. The van der Waals surface area contributed by atoms with Gasteiger partial charge in [0.25, 0.3) is 5.91 Å². The van der Waals surface area contributed by atoms with E-state index in [0.29, 0.717) is 17.7 Å². The highest BCUT2D eigenvalue weighted by Crippen LogP contribution is 2.13. The van der Waals surface area contributed by atoms with Gasteiger partial charge in [-0.15, -0.1) is 0 Å². The molecule has 0 saturated heterocycles. The minimum atomic E-state index is -0.990. The average molecular weight is 440 g/mol. The minimum absolute atomic E-state index is 0.0643. The number of aromatic nitrogens is 1. The van der Waals surface area contributed by atoms with E-state index in [9.17, 15) is 18.7 Å². The highest BCUT2D eigenvalue weighted by molar-refractivity contribution is 5.94. The number of hydrogen-bond donors (Lipinski definition) is 3. The number of nitrogens with zero attached hydrogens (tertiary/aromatic N) is 1. The number of hydrogen-bond acceptors (Lipinski definition) is 4. The van der Waals surface area contributed by atoms with Crippen LogP contribution in [0, 0.1) is 11.6 Å². The first-order valence-corrected chi connectivity index (χ1v) is 10.6. The van der Waals surface area contributed by atoms with Gasteiger partial charge in [-0.1, -0.05) is 31.2 Å². The topological polar surface area (TPSA) is 74.2 Å². The van der Waals surface area contributed by atoms with Crippen molar-refractivity contribution in [2.45, 2.75) is 38.5 Å². The zero-order chi connectivity index (χ0) is 22.9. The maximum Gasteiger partial charge on any atom is 0.253 e. The lowest BCUT2D eigenvalue weighted by atomic mass is 10.00. The van der Waals surface area contributed by atoms with Crippen LogP contribution in [0.25, 0.3) is 0 Å². The molecule has 0 aliphatic heterocycles. The molecule has 0 unspecified atom stereocenters. The normalized spacial score (nSPS) is 12.9. The Morgan fingerprint density at radius 2 is 1.78 bits per heavy atom. The first-order chi connectivity index (χ1) is 15.4. The molecule has 1 heterocycles. The van der Waals surface area contributed by atoms with E-state index in [1.54, 1.807) is 18.3 Å². The van der Waals surface area contributed by atoms with Gasteiger partial charge in [0.1, 0.15) is 11.6 Å². The van der Waals surface area contributed by atoms with Crippen LogP contribution < -0.4 is 10.6 Å².